The molecule has 0 radical (unpaired) electrons. The highest BCUT2D eigenvalue weighted by Gasteiger charge is 2.20. The summed E-state index contributed by atoms with van der Waals surface area (Å²) in [6, 6.07) is 29.9. The molecule has 0 fully saturated rings. The summed E-state index contributed by atoms with van der Waals surface area (Å²) < 4.78 is 23.2. The SMILES string of the molecule is CCc1ccc2c(OCC(=O)Oc3ccccc3)c3ccc(CC)cc3c(OCC(=O)Oc3ccccc3)c2c1. The minimum absolute atomic E-state index is 0.268. The predicted octanol–water partition coefficient (Wildman–Crippen LogP) is 7.09. The molecule has 6 nitrogen and oxygen atoms in total. The molecule has 0 N–H and O–H groups in total. The first-order chi connectivity index (χ1) is 19.6. The molecule has 0 saturated carbocycles. The van der Waals surface area contributed by atoms with E-state index < -0.39 is 11.9 Å². The molecule has 40 heavy (non-hydrogen) atoms. The zero-order valence-corrected chi connectivity index (χ0v) is 22.5. The van der Waals surface area contributed by atoms with Gasteiger partial charge in [0.15, 0.2) is 13.2 Å². The molecule has 0 aliphatic heterocycles. The van der Waals surface area contributed by atoms with Gasteiger partial charge in [0.25, 0.3) is 0 Å². The van der Waals surface area contributed by atoms with Crippen molar-refractivity contribution in [2.24, 2.45) is 0 Å². The molecule has 0 unspecified atom stereocenters. The first kappa shape index (κ1) is 26.8. The van der Waals surface area contributed by atoms with Crippen molar-refractivity contribution in [3.8, 4) is 23.0 Å². The van der Waals surface area contributed by atoms with Crippen LogP contribution in [0, 0.1) is 0 Å². The van der Waals surface area contributed by atoms with Gasteiger partial charge in [-0.2, -0.15) is 0 Å². The summed E-state index contributed by atoms with van der Waals surface area (Å²) in [5.41, 5.74) is 2.20. The van der Waals surface area contributed by atoms with E-state index in [-0.39, 0.29) is 13.2 Å². The highest BCUT2D eigenvalue weighted by atomic mass is 16.6. The van der Waals surface area contributed by atoms with Crippen LogP contribution in [0.3, 0.4) is 0 Å². The van der Waals surface area contributed by atoms with Crippen LogP contribution in [0.15, 0.2) is 97.1 Å². The van der Waals surface area contributed by atoms with Crippen LogP contribution < -0.4 is 18.9 Å². The quantitative estimate of drug-likeness (QED) is 0.108. The van der Waals surface area contributed by atoms with E-state index in [2.05, 4.69) is 13.8 Å². The molecule has 0 heterocycles. The van der Waals surface area contributed by atoms with Crippen LogP contribution in [-0.4, -0.2) is 25.2 Å². The molecule has 0 aliphatic carbocycles. The van der Waals surface area contributed by atoms with Gasteiger partial charge in [0.1, 0.15) is 23.0 Å². The summed E-state index contributed by atoms with van der Waals surface area (Å²) in [6.45, 7) is 3.61. The number of carbonyl (C=O) groups excluding carboxylic acids is 2. The molecule has 0 atom stereocenters. The third kappa shape index (κ3) is 6.07. The van der Waals surface area contributed by atoms with E-state index in [9.17, 15) is 9.59 Å². The highest BCUT2D eigenvalue weighted by molar-refractivity contribution is 6.11. The second-order valence-electron chi connectivity index (χ2n) is 9.28. The summed E-state index contributed by atoms with van der Waals surface area (Å²) in [7, 11) is 0. The van der Waals surface area contributed by atoms with Gasteiger partial charge < -0.3 is 18.9 Å². The number of ether oxygens (including phenoxy) is 4. The van der Waals surface area contributed by atoms with Crippen LogP contribution >= 0.6 is 0 Å². The zero-order chi connectivity index (χ0) is 27.9. The molecule has 0 amide bonds. The van der Waals surface area contributed by atoms with Crippen molar-refractivity contribution >= 4 is 33.5 Å². The van der Waals surface area contributed by atoms with E-state index in [1.54, 1.807) is 48.5 Å². The number of esters is 2. The molecular weight excluding hydrogens is 504 g/mol. The average molecular weight is 535 g/mol. The van der Waals surface area contributed by atoms with Crippen LogP contribution in [0.1, 0.15) is 25.0 Å². The van der Waals surface area contributed by atoms with Crippen molar-refractivity contribution in [1.82, 2.24) is 0 Å². The Labute approximate surface area is 233 Å². The Morgan fingerprint density at radius 2 is 0.925 bits per heavy atom. The number of hydrogen-bond acceptors (Lipinski definition) is 6. The van der Waals surface area contributed by atoms with Crippen molar-refractivity contribution in [1.29, 1.82) is 0 Å². The van der Waals surface area contributed by atoms with Gasteiger partial charge in [-0.25, -0.2) is 9.59 Å². The zero-order valence-electron chi connectivity index (χ0n) is 22.5. The number of carbonyl (C=O) groups is 2. The van der Waals surface area contributed by atoms with E-state index in [4.69, 9.17) is 18.9 Å². The van der Waals surface area contributed by atoms with Gasteiger partial charge in [-0.3, -0.25) is 0 Å². The molecule has 0 spiro atoms. The molecule has 5 aromatic rings. The van der Waals surface area contributed by atoms with E-state index >= 15 is 0 Å². The second-order valence-corrected chi connectivity index (χ2v) is 9.28. The maximum absolute atomic E-state index is 12.7. The van der Waals surface area contributed by atoms with Crippen LogP contribution in [0.25, 0.3) is 21.5 Å². The fourth-order valence-electron chi connectivity index (χ4n) is 4.56. The Morgan fingerprint density at radius 1 is 0.525 bits per heavy atom. The Kier molecular flexibility index (Phi) is 8.26. The number of fused-ring (bicyclic) bond motifs is 2. The number of benzene rings is 5. The Hall–Kier alpha value is -4.84. The maximum Gasteiger partial charge on any atom is 0.349 e. The Bertz CT molecular complexity index is 1580. The summed E-state index contributed by atoms with van der Waals surface area (Å²) in [5.74, 6) is 1.02. The Morgan fingerprint density at radius 3 is 1.32 bits per heavy atom. The van der Waals surface area contributed by atoms with Crippen molar-refractivity contribution in [2.75, 3.05) is 13.2 Å². The fraction of sp³-hybridized carbons (Fsp3) is 0.176. The van der Waals surface area contributed by atoms with Crippen LogP contribution in [-0.2, 0) is 22.4 Å². The van der Waals surface area contributed by atoms with Gasteiger partial charge in [0, 0.05) is 21.5 Å². The minimum atomic E-state index is -0.508. The smallest absolute Gasteiger partial charge is 0.349 e. The topological polar surface area (TPSA) is 71.1 Å². The molecule has 6 heteroatoms. The first-order valence-corrected chi connectivity index (χ1v) is 13.3. The largest absolute Gasteiger partial charge is 0.481 e. The summed E-state index contributed by atoms with van der Waals surface area (Å²) in [5, 5.41) is 3.12. The van der Waals surface area contributed by atoms with Crippen LogP contribution in [0.4, 0.5) is 0 Å². The molecule has 0 aromatic heterocycles. The van der Waals surface area contributed by atoms with E-state index in [1.165, 1.54) is 0 Å². The van der Waals surface area contributed by atoms with Gasteiger partial charge in [-0.1, -0.05) is 74.5 Å². The number of para-hydroxylation sites is 2. The summed E-state index contributed by atoms with van der Waals surface area (Å²) >= 11 is 0. The van der Waals surface area contributed by atoms with Crippen molar-refractivity contribution in [3.63, 3.8) is 0 Å². The fourth-order valence-corrected chi connectivity index (χ4v) is 4.56. The normalized spacial score (nSPS) is 10.8. The minimum Gasteiger partial charge on any atom is -0.481 e. The third-order valence-electron chi connectivity index (χ3n) is 6.58. The summed E-state index contributed by atoms with van der Waals surface area (Å²) in [4.78, 5) is 25.3. The van der Waals surface area contributed by atoms with Gasteiger partial charge in [0.05, 0.1) is 0 Å². The van der Waals surface area contributed by atoms with Crippen molar-refractivity contribution < 1.29 is 28.5 Å². The van der Waals surface area contributed by atoms with Crippen molar-refractivity contribution in [2.45, 2.75) is 26.7 Å². The van der Waals surface area contributed by atoms with Gasteiger partial charge >= 0.3 is 11.9 Å². The average Bonchev–Trinajstić information content (AvgIpc) is 2.99. The molecular formula is C34H30O6. The van der Waals surface area contributed by atoms with E-state index in [1.807, 2.05) is 48.5 Å². The lowest BCUT2D eigenvalue weighted by Crippen LogP contribution is -2.19. The van der Waals surface area contributed by atoms with Crippen LogP contribution in [0.2, 0.25) is 0 Å². The van der Waals surface area contributed by atoms with Gasteiger partial charge in [-0.15, -0.1) is 0 Å². The summed E-state index contributed by atoms with van der Waals surface area (Å²) in [6.07, 6.45) is 1.64. The van der Waals surface area contributed by atoms with Gasteiger partial charge in [0.2, 0.25) is 0 Å². The van der Waals surface area contributed by atoms with Gasteiger partial charge in [-0.05, 0) is 60.4 Å². The van der Waals surface area contributed by atoms with E-state index in [0.717, 1.165) is 45.5 Å². The molecule has 202 valence electrons. The predicted molar refractivity (Wildman–Crippen MR) is 155 cm³/mol. The number of aryl methyl sites for hydroxylation is 2. The van der Waals surface area contributed by atoms with E-state index in [0.29, 0.717) is 23.0 Å². The lowest BCUT2D eigenvalue weighted by molar-refractivity contribution is -0.137. The number of rotatable bonds is 10. The Balaban J connectivity index is 1.52. The molecule has 5 rings (SSSR count). The van der Waals surface area contributed by atoms with Crippen molar-refractivity contribution in [3.05, 3.63) is 108 Å². The monoisotopic (exact) mass is 534 g/mol. The standard InChI is InChI=1S/C34H30O6/c1-3-23-15-17-27-29(19-23)34(38-22-32(36)40-26-13-9-6-10-14-26)30-20-24(4-2)16-18-28(30)33(27)37-21-31(35)39-25-11-7-5-8-12-25/h5-20H,3-4,21-22H2,1-2H3. The molecule has 5 aromatic carbocycles. The lowest BCUT2D eigenvalue weighted by Gasteiger charge is -2.19. The number of hydrogen-bond donors (Lipinski definition) is 0. The molecule has 0 aliphatic rings. The second kappa shape index (κ2) is 12.3. The first-order valence-electron chi connectivity index (χ1n) is 13.3. The third-order valence-corrected chi connectivity index (χ3v) is 6.58. The lowest BCUT2D eigenvalue weighted by atomic mass is 9.96. The maximum atomic E-state index is 12.7. The highest BCUT2D eigenvalue weighted by Crippen LogP contribution is 2.43. The molecule has 0 bridgehead atoms. The van der Waals surface area contributed by atoms with Crippen LogP contribution in [0.5, 0.6) is 23.0 Å². The molecule has 0 saturated heterocycles.